The maximum absolute atomic E-state index is 13.6. The van der Waals surface area contributed by atoms with Crippen LogP contribution in [0.4, 0.5) is 4.39 Å². The Kier molecular flexibility index (Phi) is 3.86. The summed E-state index contributed by atoms with van der Waals surface area (Å²) in [5.74, 6) is 1.11. The van der Waals surface area contributed by atoms with Crippen molar-refractivity contribution in [3.8, 4) is 11.5 Å². The lowest BCUT2D eigenvalue weighted by Gasteiger charge is -2.16. The molecule has 3 heteroatoms. The Bertz CT molecular complexity index is 593. The summed E-state index contributed by atoms with van der Waals surface area (Å²) in [5, 5.41) is 0. The third kappa shape index (κ3) is 2.93. The zero-order valence-electron chi connectivity index (χ0n) is 11.4. The molecule has 0 fully saturated rings. The van der Waals surface area contributed by atoms with Gasteiger partial charge in [-0.05, 0) is 50.1 Å². The van der Waals surface area contributed by atoms with Crippen LogP contribution in [0.3, 0.4) is 0 Å². The first-order chi connectivity index (χ1) is 8.99. The lowest BCUT2D eigenvalue weighted by atomic mass is 10.0. The van der Waals surface area contributed by atoms with E-state index >= 15 is 0 Å². The van der Waals surface area contributed by atoms with Crippen LogP contribution in [-0.2, 0) is 0 Å². The highest BCUT2D eigenvalue weighted by molar-refractivity contribution is 5.44. The fourth-order valence-corrected chi connectivity index (χ4v) is 1.90. The van der Waals surface area contributed by atoms with Crippen LogP contribution in [0, 0.1) is 19.7 Å². The van der Waals surface area contributed by atoms with Gasteiger partial charge in [-0.15, -0.1) is 0 Å². The minimum Gasteiger partial charge on any atom is -0.457 e. The molecule has 0 amide bonds. The van der Waals surface area contributed by atoms with Gasteiger partial charge < -0.3 is 10.5 Å². The van der Waals surface area contributed by atoms with E-state index in [1.54, 1.807) is 13.0 Å². The smallest absolute Gasteiger partial charge is 0.132 e. The first kappa shape index (κ1) is 13.6. The minimum atomic E-state index is -0.283. The third-order valence-corrected chi connectivity index (χ3v) is 3.10. The van der Waals surface area contributed by atoms with Crippen LogP contribution < -0.4 is 10.5 Å². The molecule has 2 N–H and O–H groups in total. The van der Waals surface area contributed by atoms with Gasteiger partial charge in [-0.3, -0.25) is 0 Å². The van der Waals surface area contributed by atoms with Crippen molar-refractivity contribution in [3.63, 3.8) is 0 Å². The number of nitrogens with two attached hydrogens (primary N) is 1. The molecule has 0 aliphatic heterocycles. The van der Waals surface area contributed by atoms with Gasteiger partial charge in [0.05, 0.1) is 0 Å². The van der Waals surface area contributed by atoms with Crippen LogP contribution in [0.1, 0.15) is 29.7 Å². The average Bonchev–Trinajstić information content (AvgIpc) is 2.36. The van der Waals surface area contributed by atoms with Crippen LogP contribution in [0.2, 0.25) is 0 Å². The predicted octanol–water partition coefficient (Wildman–Crippen LogP) is 4.25. The molecule has 0 spiro atoms. The van der Waals surface area contributed by atoms with Gasteiger partial charge >= 0.3 is 0 Å². The number of halogens is 1. The van der Waals surface area contributed by atoms with E-state index in [1.165, 1.54) is 6.07 Å². The summed E-state index contributed by atoms with van der Waals surface area (Å²) in [5.41, 5.74) is 8.13. The van der Waals surface area contributed by atoms with Crippen molar-refractivity contribution in [2.24, 2.45) is 5.73 Å². The van der Waals surface area contributed by atoms with E-state index in [0.717, 1.165) is 11.3 Å². The van der Waals surface area contributed by atoms with Crippen molar-refractivity contribution in [1.82, 2.24) is 0 Å². The van der Waals surface area contributed by atoms with Gasteiger partial charge in [0.25, 0.3) is 0 Å². The fourth-order valence-electron chi connectivity index (χ4n) is 1.90. The highest BCUT2D eigenvalue weighted by Crippen LogP contribution is 2.32. The molecule has 0 aliphatic rings. The maximum atomic E-state index is 13.6. The van der Waals surface area contributed by atoms with Gasteiger partial charge in [-0.25, -0.2) is 4.39 Å². The summed E-state index contributed by atoms with van der Waals surface area (Å²) in [6.45, 7) is 5.50. The molecule has 0 unspecified atom stereocenters. The van der Waals surface area contributed by atoms with Crippen molar-refractivity contribution < 1.29 is 9.13 Å². The van der Waals surface area contributed by atoms with Gasteiger partial charge in [0, 0.05) is 11.6 Å². The number of benzene rings is 2. The highest BCUT2D eigenvalue weighted by Gasteiger charge is 2.13. The van der Waals surface area contributed by atoms with Crippen LogP contribution in [0.5, 0.6) is 11.5 Å². The van der Waals surface area contributed by atoms with Crippen molar-refractivity contribution in [3.05, 3.63) is 58.9 Å². The Morgan fingerprint density at radius 1 is 1.05 bits per heavy atom. The summed E-state index contributed by atoms with van der Waals surface area (Å²) in [6.07, 6.45) is 0. The molecule has 0 saturated heterocycles. The first-order valence-corrected chi connectivity index (χ1v) is 6.28. The highest BCUT2D eigenvalue weighted by atomic mass is 19.1. The normalized spacial score (nSPS) is 12.3. The van der Waals surface area contributed by atoms with Crippen LogP contribution in [-0.4, -0.2) is 0 Å². The van der Waals surface area contributed by atoms with Crippen molar-refractivity contribution in [2.45, 2.75) is 26.8 Å². The van der Waals surface area contributed by atoms with E-state index < -0.39 is 0 Å². The molecule has 0 heterocycles. The molecule has 0 saturated carbocycles. The van der Waals surface area contributed by atoms with E-state index in [1.807, 2.05) is 38.1 Å². The van der Waals surface area contributed by atoms with Crippen LogP contribution in [0.15, 0.2) is 36.4 Å². The molecule has 0 aliphatic carbocycles. The van der Waals surface area contributed by atoms with E-state index in [9.17, 15) is 4.39 Å². The molecular weight excluding hydrogens is 241 g/mol. The lowest BCUT2D eigenvalue weighted by molar-refractivity contribution is 0.465. The zero-order valence-corrected chi connectivity index (χ0v) is 11.4. The molecule has 0 bridgehead atoms. The lowest BCUT2D eigenvalue weighted by Crippen LogP contribution is -2.08. The van der Waals surface area contributed by atoms with Gasteiger partial charge in [0.1, 0.15) is 17.3 Å². The topological polar surface area (TPSA) is 35.2 Å². The Hall–Kier alpha value is -1.87. The van der Waals surface area contributed by atoms with Crippen LogP contribution >= 0.6 is 0 Å². The van der Waals surface area contributed by atoms with Gasteiger partial charge in [-0.2, -0.15) is 0 Å². The Labute approximate surface area is 113 Å². The van der Waals surface area contributed by atoms with Crippen LogP contribution in [0.25, 0.3) is 0 Å². The molecule has 0 radical (unpaired) electrons. The summed E-state index contributed by atoms with van der Waals surface area (Å²) in [6, 6.07) is 10.6. The van der Waals surface area contributed by atoms with E-state index in [-0.39, 0.29) is 11.9 Å². The maximum Gasteiger partial charge on any atom is 0.132 e. The SMILES string of the molecule is Cc1cc(Oc2ccccc2C)c([C@H](C)N)cc1F. The van der Waals surface area contributed by atoms with E-state index in [0.29, 0.717) is 16.9 Å². The molecule has 1 atom stereocenters. The molecule has 2 rings (SSSR count). The third-order valence-electron chi connectivity index (χ3n) is 3.10. The number of aryl methyl sites for hydroxylation is 2. The Balaban J connectivity index is 2.45. The van der Waals surface area contributed by atoms with E-state index in [4.69, 9.17) is 10.5 Å². The fraction of sp³-hybridized carbons (Fsp3) is 0.250. The summed E-state index contributed by atoms with van der Waals surface area (Å²) < 4.78 is 19.5. The minimum absolute atomic E-state index is 0.260. The number of para-hydroxylation sites is 1. The second-order valence-electron chi connectivity index (χ2n) is 4.80. The monoisotopic (exact) mass is 259 g/mol. The molecular formula is C16H18FNO. The van der Waals surface area contributed by atoms with Gasteiger partial charge in [0.15, 0.2) is 0 Å². The standard InChI is InChI=1S/C16H18FNO/c1-10-6-4-5-7-15(10)19-16-8-11(2)14(17)9-13(16)12(3)18/h4-9,12H,18H2,1-3H3/t12-/m0/s1. The summed E-state index contributed by atoms with van der Waals surface area (Å²) in [4.78, 5) is 0. The zero-order chi connectivity index (χ0) is 14.0. The summed E-state index contributed by atoms with van der Waals surface area (Å²) in [7, 11) is 0. The quantitative estimate of drug-likeness (QED) is 0.894. The summed E-state index contributed by atoms with van der Waals surface area (Å²) >= 11 is 0. The van der Waals surface area contributed by atoms with Crippen molar-refractivity contribution in [1.29, 1.82) is 0 Å². The number of ether oxygens (including phenoxy) is 1. The molecule has 2 aromatic rings. The molecule has 0 aromatic heterocycles. The number of hydrogen-bond donors (Lipinski definition) is 1. The Morgan fingerprint density at radius 3 is 2.37 bits per heavy atom. The first-order valence-electron chi connectivity index (χ1n) is 6.28. The van der Waals surface area contributed by atoms with Crippen molar-refractivity contribution >= 4 is 0 Å². The number of rotatable bonds is 3. The van der Waals surface area contributed by atoms with Gasteiger partial charge in [0.2, 0.25) is 0 Å². The number of hydrogen-bond acceptors (Lipinski definition) is 2. The molecule has 2 aromatic carbocycles. The second kappa shape index (κ2) is 5.41. The van der Waals surface area contributed by atoms with Crippen molar-refractivity contribution in [2.75, 3.05) is 0 Å². The second-order valence-corrected chi connectivity index (χ2v) is 4.80. The molecule has 2 nitrogen and oxygen atoms in total. The Morgan fingerprint density at radius 2 is 1.74 bits per heavy atom. The molecule has 19 heavy (non-hydrogen) atoms. The average molecular weight is 259 g/mol. The van der Waals surface area contributed by atoms with Gasteiger partial charge in [-0.1, -0.05) is 18.2 Å². The predicted molar refractivity (Wildman–Crippen MR) is 75.0 cm³/mol. The molecule has 100 valence electrons. The van der Waals surface area contributed by atoms with E-state index in [2.05, 4.69) is 0 Å². The largest absolute Gasteiger partial charge is 0.457 e.